The fourth-order valence-electron chi connectivity index (χ4n) is 3.05. The van der Waals surface area contributed by atoms with Crippen molar-refractivity contribution in [3.8, 4) is 0 Å². The Kier molecular flexibility index (Phi) is 4.94. The molecule has 1 fully saturated rings. The highest BCUT2D eigenvalue weighted by atomic mass is 16.5. The van der Waals surface area contributed by atoms with Gasteiger partial charge < -0.3 is 10.1 Å². The Morgan fingerprint density at radius 3 is 2.17 bits per heavy atom. The van der Waals surface area contributed by atoms with Crippen molar-refractivity contribution in [3.05, 3.63) is 71.8 Å². The summed E-state index contributed by atoms with van der Waals surface area (Å²) in [6.07, 6.45) is 2.67. The lowest BCUT2D eigenvalue weighted by atomic mass is 9.64. The largest absolute Gasteiger partial charge is 0.460 e. The molecule has 0 aliphatic heterocycles. The third-order valence-corrected chi connectivity index (χ3v) is 4.60. The van der Waals surface area contributed by atoms with E-state index in [4.69, 9.17) is 4.74 Å². The van der Waals surface area contributed by atoms with Crippen molar-refractivity contribution in [1.82, 2.24) is 5.32 Å². The predicted molar refractivity (Wildman–Crippen MR) is 91.2 cm³/mol. The molecule has 0 bridgehead atoms. The van der Waals surface area contributed by atoms with Gasteiger partial charge in [-0.05, 0) is 24.0 Å². The van der Waals surface area contributed by atoms with Gasteiger partial charge in [0.15, 0.2) is 0 Å². The molecule has 3 rings (SSSR count). The summed E-state index contributed by atoms with van der Waals surface area (Å²) in [5, 5.41) is 2.75. The first-order chi connectivity index (χ1) is 11.7. The Morgan fingerprint density at radius 1 is 0.958 bits per heavy atom. The molecule has 1 aliphatic rings. The number of amides is 1. The van der Waals surface area contributed by atoms with Crippen LogP contribution in [0.4, 0.5) is 0 Å². The van der Waals surface area contributed by atoms with Crippen molar-refractivity contribution >= 4 is 11.9 Å². The van der Waals surface area contributed by atoms with Crippen LogP contribution >= 0.6 is 0 Å². The molecule has 1 amide bonds. The summed E-state index contributed by atoms with van der Waals surface area (Å²) in [6.45, 7) is 0.125. The first-order valence-electron chi connectivity index (χ1n) is 8.24. The van der Waals surface area contributed by atoms with Gasteiger partial charge in [-0.15, -0.1) is 0 Å². The highest BCUT2D eigenvalue weighted by Crippen LogP contribution is 2.43. The lowest BCUT2D eigenvalue weighted by Crippen LogP contribution is -2.50. The maximum atomic E-state index is 12.6. The maximum absolute atomic E-state index is 12.6. The lowest BCUT2D eigenvalue weighted by Gasteiger charge is -2.40. The predicted octanol–water partition coefficient (Wildman–Crippen LogP) is 2.97. The van der Waals surface area contributed by atoms with Crippen LogP contribution < -0.4 is 5.32 Å². The summed E-state index contributed by atoms with van der Waals surface area (Å²) in [6, 6.07) is 19.3. The van der Waals surface area contributed by atoms with E-state index in [1.54, 1.807) is 0 Å². The zero-order chi connectivity index (χ0) is 16.8. The Labute approximate surface area is 141 Å². The van der Waals surface area contributed by atoms with Crippen molar-refractivity contribution in [3.63, 3.8) is 0 Å². The number of nitrogens with one attached hydrogen (secondary N) is 1. The molecule has 124 valence electrons. The number of ether oxygens (including phenoxy) is 1. The molecule has 24 heavy (non-hydrogen) atoms. The van der Waals surface area contributed by atoms with Crippen LogP contribution in [0.5, 0.6) is 0 Å². The van der Waals surface area contributed by atoms with Crippen LogP contribution in [0.15, 0.2) is 60.7 Å². The Morgan fingerprint density at radius 2 is 1.58 bits per heavy atom. The average molecular weight is 323 g/mol. The number of esters is 1. The summed E-state index contributed by atoms with van der Waals surface area (Å²) in [5.41, 5.74) is 1.46. The molecule has 4 heteroatoms. The van der Waals surface area contributed by atoms with Crippen molar-refractivity contribution in [1.29, 1.82) is 0 Å². The fraction of sp³-hybridized carbons (Fsp3) is 0.300. The minimum absolute atomic E-state index is 0.0865. The first kappa shape index (κ1) is 16.2. The van der Waals surface area contributed by atoms with Gasteiger partial charge in [0.25, 0.3) is 0 Å². The van der Waals surface area contributed by atoms with E-state index in [1.807, 2.05) is 60.7 Å². The topological polar surface area (TPSA) is 55.4 Å². The molecule has 1 saturated carbocycles. The summed E-state index contributed by atoms with van der Waals surface area (Å²) in [4.78, 5) is 24.5. The van der Waals surface area contributed by atoms with E-state index in [-0.39, 0.29) is 19.1 Å². The normalized spacial score (nSPS) is 15.2. The summed E-state index contributed by atoms with van der Waals surface area (Å²) >= 11 is 0. The van der Waals surface area contributed by atoms with Crippen LogP contribution in [-0.2, 0) is 26.3 Å². The molecule has 0 unspecified atom stereocenters. The quantitative estimate of drug-likeness (QED) is 0.832. The molecule has 0 spiro atoms. The van der Waals surface area contributed by atoms with E-state index < -0.39 is 11.4 Å². The standard InChI is InChI=1S/C20H21NO3/c22-18(24-15-16-8-3-1-4-9-16)14-21-19(23)20(12-7-13-20)17-10-5-2-6-11-17/h1-6,8-11H,7,12-15H2,(H,21,23). The number of carbonyl (C=O) groups excluding carboxylic acids is 2. The molecule has 0 saturated heterocycles. The van der Waals surface area contributed by atoms with Crippen LogP contribution in [0.1, 0.15) is 30.4 Å². The van der Waals surface area contributed by atoms with Gasteiger partial charge in [0.05, 0.1) is 5.41 Å². The van der Waals surface area contributed by atoms with Gasteiger partial charge in [-0.3, -0.25) is 9.59 Å². The van der Waals surface area contributed by atoms with E-state index >= 15 is 0 Å². The monoisotopic (exact) mass is 323 g/mol. The van der Waals surface area contributed by atoms with Crippen LogP contribution in [0.2, 0.25) is 0 Å². The minimum atomic E-state index is -0.485. The van der Waals surface area contributed by atoms with Crippen LogP contribution in [0.25, 0.3) is 0 Å². The third-order valence-electron chi connectivity index (χ3n) is 4.60. The van der Waals surface area contributed by atoms with Crippen molar-refractivity contribution in [2.24, 2.45) is 0 Å². The molecule has 0 aromatic heterocycles. The minimum Gasteiger partial charge on any atom is -0.460 e. The number of benzene rings is 2. The molecule has 1 N–H and O–H groups in total. The SMILES string of the molecule is O=C(CNC(=O)C1(c2ccccc2)CCC1)OCc1ccccc1. The summed E-state index contributed by atoms with van der Waals surface area (Å²) in [7, 11) is 0. The smallest absolute Gasteiger partial charge is 0.325 e. The van der Waals surface area contributed by atoms with E-state index in [0.717, 1.165) is 30.4 Å². The van der Waals surface area contributed by atoms with Crippen LogP contribution in [0.3, 0.4) is 0 Å². The van der Waals surface area contributed by atoms with Crippen molar-refractivity contribution < 1.29 is 14.3 Å². The lowest BCUT2D eigenvalue weighted by molar-refractivity contribution is -0.146. The van der Waals surface area contributed by atoms with E-state index in [0.29, 0.717) is 0 Å². The highest BCUT2D eigenvalue weighted by Gasteiger charge is 2.45. The van der Waals surface area contributed by atoms with Gasteiger partial charge in [0, 0.05) is 0 Å². The Balaban J connectivity index is 1.52. The molecule has 0 atom stereocenters. The Bertz CT molecular complexity index is 693. The number of carbonyl (C=O) groups is 2. The molecule has 0 heterocycles. The zero-order valence-electron chi connectivity index (χ0n) is 13.5. The summed E-state index contributed by atoms with van der Waals surface area (Å²) < 4.78 is 5.19. The molecule has 4 nitrogen and oxygen atoms in total. The van der Waals surface area contributed by atoms with Crippen LogP contribution in [0, 0.1) is 0 Å². The van der Waals surface area contributed by atoms with E-state index in [1.165, 1.54) is 0 Å². The van der Waals surface area contributed by atoms with Gasteiger partial charge in [-0.1, -0.05) is 67.1 Å². The average Bonchev–Trinajstić information content (AvgIpc) is 2.59. The van der Waals surface area contributed by atoms with E-state index in [2.05, 4.69) is 5.32 Å². The maximum Gasteiger partial charge on any atom is 0.325 e. The van der Waals surface area contributed by atoms with Crippen molar-refractivity contribution in [2.75, 3.05) is 6.54 Å². The molecular formula is C20H21NO3. The molecule has 1 aliphatic carbocycles. The zero-order valence-corrected chi connectivity index (χ0v) is 13.5. The number of rotatable bonds is 6. The molecule has 2 aromatic carbocycles. The Hall–Kier alpha value is -2.62. The summed E-state index contributed by atoms with van der Waals surface area (Å²) in [5.74, 6) is -0.508. The fourth-order valence-corrected chi connectivity index (χ4v) is 3.05. The second kappa shape index (κ2) is 7.30. The number of hydrogen-bond donors (Lipinski definition) is 1. The van der Waals surface area contributed by atoms with Gasteiger partial charge in [0.2, 0.25) is 5.91 Å². The van der Waals surface area contributed by atoms with Gasteiger partial charge in [0.1, 0.15) is 13.2 Å². The van der Waals surface area contributed by atoms with E-state index in [9.17, 15) is 9.59 Å². The molecule has 2 aromatic rings. The molecular weight excluding hydrogens is 302 g/mol. The number of hydrogen-bond acceptors (Lipinski definition) is 3. The van der Waals surface area contributed by atoms with Crippen LogP contribution in [-0.4, -0.2) is 18.4 Å². The van der Waals surface area contributed by atoms with Gasteiger partial charge in [-0.25, -0.2) is 0 Å². The second-order valence-corrected chi connectivity index (χ2v) is 6.13. The third kappa shape index (κ3) is 3.48. The second-order valence-electron chi connectivity index (χ2n) is 6.13. The first-order valence-corrected chi connectivity index (χ1v) is 8.24. The van der Waals surface area contributed by atoms with Crippen molar-refractivity contribution in [2.45, 2.75) is 31.3 Å². The van der Waals surface area contributed by atoms with Gasteiger partial charge in [-0.2, -0.15) is 0 Å². The highest BCUT2D eigenvalue weighted by molar-refractivity contribution is 5.91. The molecule has 0 radical (unpaired) electrons. The van der Waals surface area contributed by atoms with Gasteiger partial charge >= 0.3 is 5.97 Å².